The van der Waals surface area contributed by atoms with Gasteiger partial charge in [-0.1, -0.05) is 13.8 Å². The molecule has 0 saturated heterocycles. The van der Waals surface area contributed by atoms with Gasteiger partial charge in [-0.15, -0.1) is 0 Å². The average Bonchev–Trinajstić information content (AvgIpc) is 2.24. The molecule has 0 unspecified atom stereocenters. The van der Waals surface area contributed by atoms with Crippen LogP contribution in [0.25, 0.3) is 0 Å². The summed E-state index contributed by atoms with van der Waals surface area (Å²) in [4.78, 5) is 3.99. The Bertz CT molecular complexity index is 249. The van der Waals surface area contributed by atoms with Crippen LogP contribution in [0.4, 0.5) is 0 Å². The number of aromatic nitrogens is 1. The van der Waals surface area contributed by atoms with Crippen LogP contribution in [-0.2, 0) is 6.54 Å². The molecule has 0 fully saturated rings. The molecule has 15 heavy (non-hydrogen) atoms. The Labute approximate surface area is 96.9 Å². The zero-order valence-corrected chi connectivity index (χ0v) is 10.4. The largest absolute Gasteiger partial charge is 0.312 e. The van der Waals surface area contributed by atoms with Crippen LogP contribution in [-0.4, -0.2) is 23.0 Å². The molecule has 0 aliphatic heterocycles. The third kappa shape index (κ3) is 6.52. The lowest BCUT2D eigenvalue weighted by atomic mass is 10.3. The molecular weight excluding hydrogens is 204 g/mol. The lowest BCUT2D eigenvalue weighted by molar-refractivity contribution is 0.725. The number of nitrogens with one attached hydrogen (secondary N) is 1. The van der Waals surface area contributed by atoms with Gasteiger partial charge in [0.2, 0.25) is 0 Å². The van der Waals surface area contributed by atoms with Crippen LogP contribution in [0.5, 0.6) is 0 Å². The zero-order chi connectivity index (χ0) is 10.9. The van der Waals surface area contributed by atoms with Crippen LogP contribution in [0.3, 0.4) is 0 Å². The number of rotatable bonds is 7. The molecule has 0 radical (unpaired) electrons. The molecule has 2 nitrogen and oxygen atoms in total. The van der Waals surface area contributed by atoms with E-state index in [0.717, 1.165) is 19.0 Å². The van der Waals surface area contributed by atoms with Crippen molar-refractivity contribution in [1.82, 2.24) is 10.3 Å². The molecule has 0 saturated carbocycles. The normalized spacial score (nSPS) is 10.9. The van der Waals surface area contributed by atoms with E-state index >= 15 is 0 Å². The zero-order valence-electron chi connectivity index (χ0n) is 9.57. The molecule has 0 atom stereocenters. The molecule has 1 aromatic heterocycles. The predicted octanol–water partition coefficient (Wildman–Crippen LogP) is 2.56. The molecule has 1 N–H and O–H groups in total. The van der Waals surface area contributed by atoms with Gasteiger partial charge in [0.1, 0.15) is 0 Å². The van der Waals surface area contributed by atoms with Gasteiger partial charge >= 0.3 is 0 Å². The summed E-state index contributed by atoms with van der Waals surface area (Å²) >= 11 is 2.02. The summed E-state index contributed by atoms with van der Waals surface area (Å²) in [5, 5.41) is 3.43. The summed E-state index contributed by atoms with van der Waals surface area (Å²) in [7, 11) is 0. The Hall–Kier alpha value is -0.540. The minimum absolute atomic E-state index is 0.801. The fraction of sp³-hybridized carbons (Fsp3) is 0.583. The molecule has 84 valence electrons. The average molecular weight is 224 g/mol. The standard InChI is InChI=1S/C12H20N2S/c1-11(2)10-15-8-7-14-9-12-3-5-13-6-4-12/h3-6,11,14H,7-10H2,1-2H3. The van der Waals surface area contributed by atoms with Gasteiger partial charge in [-0.3, -0.25) is 4.98 Å². The van der Waals surface area contributed by atoms with Gasteiger partial charge in [-0.05, 0) is 29.4 Å². The molecule has 1 rings (SSSR count). The second-order valence-corrected chi connectivity index (χ2v) is 5.15. The van der Waals surface area contributed by atoms with Gasteiger partial charge in [0.05, 0.1) is 0 Å². The molecule has 0 amide bonds. The van der Waals surface area contributed by atoms with Crippen molar-refractivity contribution in [2.24, 2.45) is 5.92 Å². The summed E-state index contributed by atoms with van der Waals surface area (Å²) in [6, 6.07) is 4.10. The highest BCUT2D eigenvalue weighted by Gasteiger charge is 1.94. The molecule has 0 aromatic carbocycles. The number of hydrogen-bond acceptors (Lipinski definition) is 3. The van der Waals surface area contributed by atoms with Crippen molar-refractivity contribution >= 4 is 11.8 Å². The molecule has 0 aliphatic rings. The van der Waals surface area contributed by atoms with Gasteiger partial charge in [0.25, 0.3) is 0 Å². The van der Waals surface area contributed by atoms with Crippen molar-refractivity contribution in [3.05, 3.63) is 30.1 Å². The fourth-order valence-electron chi connectivity index (χ4n) is 1.20. The summed E-state index contributed by atoms with van der Waals surface area (Å²) < 4.78 is 0. The number of nitrogens with zero attached hydrogens (tertiary/aromatic N) is 1. The first-order valence-electron chi connectivity index (χ1n) is 5.46. The Morgan fingerprint density at radius 3 is 2.73 bits per heavy atom. The van der Waals surface area contributed by atoms with E-state index < -0.39 is 0 Å². The van der Waals surface area contributed by atoms with Gasteiger partial charge < -0.3 is 5.32 Å². The molecule has 3 heteroatoms. The highest BCUT2D eigenvalue weighted by molar-refractivity contribution is 7.99. The van der Waals surface area contributed by atoms with Gasteiger partial charge in [0, 0.05) is 31.2 Å². The molecule has 0 spiro atoms. The topological polar surface area (TPSA) is 24.9 Å². The first kappa shape index (κ1) is 12.5. The first-order valence-corrected chi connectivity index (χ1v) is 6.62. The van der Waals surface area contributed by atoms with E-state index in [9.17, 15) is 0 Å². The maximum Gasteiger partial charge on any atom is 0.0271 e. The van der Waals surface area contributed by atoms with Crippen molar-refractivity contribution in [3.8, 4) is 0 Å². The smallest absolute Gasteiger partial charge is 0.0271 e. The van der Waals surface area contributed by atoms with Crippen molar-refractivity contribution in [2.45, 2.75) is 20.4 Å². The summed E-state index contributed by atoms with van der Waals surface area (Å²) in [6.07, 6.45) is 3.68. The predicted molar refractivity (Wildman–Crippen MR) is 68.1 cm³/mol. The highest BCUT2D eigenvalue weighted by Crippen LogP contribution is 2.06. The second-order valence-electron chi connectivity index (χ2n) is 4.00. The monoisotopic (exact) mass is 224 g/mol. The van der Waals surface area contributed by atoms with E-state index in [1.807, 2.05) is 36.3 Å². The fourth-order valence-corrected chi connectivity index (χ4v) is 2.12. The van der Waals surface area contributed by atoms with Crippen LogP contribution in [0.15, 0.2) is 24.5 Å². The molecule has 0 bridgehead atoms. The van der Waals surface area contributed by atoms with E-state index in [4.69, 9.17) is 0 Å². The third-order valence-electron chi connectivity index (χ3n) is 1.95. The third-order valence-corrected chi connectivity index (χ3v) is 3.35. The van der Waals surface area contributed by atoms with Crippen LogP contribution in [0.1, 0.15) is 19.4 Å². The van der Waals surface area contributed by atoms with Crippen molar-refractivity contribution in [1.29, 1.82) is 0 Å². The minimum atomic E-state index is 0.801. The van der Waals surface area contributed by atoms with Crippen molar-refractivity contribution < 1.29 is 0 Å². The van der Waals surface area contributed by atoms with E-state index in [1.54, 1.807) is 0 Å². The minimum Gasteiger partial charge on any atom is -0.312 e. The Morgan fingerprint density at radius 1 is 1.33 bits per heavy atom. The van der Waals surface area contributed by atoms with E-state index in [2.05, 4.69) is 24.1 Å². The maximum atomic E-state index is 3.99. The number of pyridine rings is 1. The lowest BCUT2D eigenvalue weighted by Gasteiger charge is -2.06. The summed E-state index contributed by atoms with van der Waals surface area (Å²) in [6.45, 7) is 6.55. The quantitative estimate of drug-likeness (QED) is 0.721. The molecular formula is C12H20N2S. The second kappa shape index (κ2) is 7.71. The Morgan fingerprint density at radius 2 is 2.07 bits per heavy atom. The first-order chi connectivity index (χ1) is 7.29. The Balaban J connectivity index is 1.98. The van der Waals surface area contributed by atoms with Gasteiger partial charge in [-0.25, -0.2) is 0 Å². The van der Waals surface area contributed by atoms with Crippen LogP contribution >= 0.6 is 11.8 Å². The number of thioether (sulfide) groups is 1. The molecule has 1 heterocycles. The van der Waals surface area contributed by atoms with Gasteiger partial charge in [-0.2, -0.15) is 11.8 Å². The van der Waals surface area contributed by atoms with E-state index in [1.165, 1.54) is 17.1 Å². The van der Waals surface area contributed by atoms with E-state index in [0.29, 0.717) is 0 Å². The molecule has 1 aromatic rings. The van der Waals surface area contributed by atoms with Crippen LogP contribution in [0.2, 0.25) is 0 Å². The number of hydrogen-bond donors (Lipinski definition) is 1. The maximum absolute atomic E-state index is 3.99. The van der Waals surface area contributed by atoms with Gasteiger partial charge in [0.15, 0.2) is 0 Å². The van der Waals surface area contributed by atoms with Crippen LogP contribution in [0, 0.1) is 5.92 Å². The van der Waals surface area contributed by atoms with Crippen LogP contribution < -0.4 is 5.32 Å². The lowest BCUT2D eigenvalue weighted by Crippen LogP contribution is -2.16. The summed E-state index contributed by atoms with van der Waals surface area (Å²) in [5.41, 5.74) is 1.30. The molecule has 0 aliphatic carbocycles. The highest BCUT2D eigenvalue weighted by atomic mass is 32.2. The SMILES string of the molecule is CC(C)CSCCNCc1ccncc1. The Kier molecular flexibility index (Phi) is 6.44. The van der Waals surface area contributed by atoms with Crippen molar-refractivity contribution in [3.63, 3.8) is 0 Å². The summed E-state index contributed by atoms with van der Waals surface area (Å²) in [5.74, 6) is 3.26. The van der Waals surface area contributed by atoms with E-state index in [-0.39, 0.29) is 0 Å². The van der Waals surface area contributed by atoms with Crippen molar-refractivity contribution in [2.75, 3.05) is 18.1 Å².